The number of rotatable bonds is 5. The molecule has 0 heterocycles. The third-order valence-electron chi connectivity index (χ3n) is 3.10. The van der Waals surface area contributed by atoms with Crippen LogP contribution in [0.15, 0.2) is 42.5 Å². The lowest BCUT2D eigenvalue weighted by molar-refractivity contribution is 0.0979. The van der Waals surface area contributed by atoms with Gasteiger partial charge in [0.2, 0.25) is 0 Å². The van der Waals surface area contributed by atoms with Gasteiger partial charge in [0, 0.05) is 18.2 Å². The van der Waals surface area contributed by atoms with Gasteiger partial charge in [0.25, 0.3) is 0 Å². The van der Waals surface area contributed by atoms with Crippen molar-refractivity contribution in [3.05, 3.63) is 59.4 Å². The number of carbonyl (C=O) groups excluding carboxylic acids is 1. The average molecular weight is 273 g/mol. The van der Waals surface area contributed by atoms with E-state index in [1.54, 1.807) is 18.2 Å². The van der Waals surface area contributed by atoms with Crippen LogP contribution in [0.25, 0.3) is 0 Å². The number of hydrogen-bond donors (Lipinski definition) is 1. The summed E-state index contributed by atoms with van der Waals surface area (Å²) < 4.78 is 18.7. The molecule has 0 saturated carbocycles. The molecule has 0 aliphatic rings. The lowest BCUT2D eigenvalue weighted by Crippen LogP contribution is -2.04. The number of hydrogen-bond acceptors (Lipinski definition) is 3. The van der Waals surface area contributed by atoms with Crippen LogP contribution in [0.3, 0.4) is 0 Å². The van der Waals surface area contributed by atoms with Gasteiger partial charge in [0.15, 0.2) is 5.78 Å². The topological polar surface area (TPSA) is 52.3 Å². The summed E-state index contributed by atoms with van der Waals surface area (Å²) in [5.74, 6) is -0.369. The zero-order valence-corrected chi connectivity index (χ0v) is 11.2. The van der Waals surface area contributed by atoms with Crippen molar-refractivity contribution in [2.45, 2.75) is 12.8 Å². The van der Waals surface area contributed by atoms with Crippen LogP contribution in [0.2, 0.25) is 0 Å². The molecule has 20 heavy (non-hydrogen) atoms. The molecule has 0 aliphatic heterocycles. The molecule has 3 nitrogen and oxygen atoms in total. The van der Waals surface area contributed by atoms with Crippen molar-refractivity contribution in [1.29, 1.82) is 0 Å². The molecule has 0 spiro atoms. The monoisotopic (exact) mass is 273 g/mol. The zero-order chi connectivity index (χ0) is 14.5. The van der Waals surface area contributed by atoms with Crippen molar-refractivity contribution >= 4 is 11.5 Å². The second-order valence-corrected chi connectivity index (χ2v) is 4.51. The van der Waals surface area contributed by atoms with Crippen LogP contribution in [-0.4, -0.2) is 12.9 Å². The Kier molecular flexibility index (Phi) is 4.35. The van der Waals surface area contributed by atoms with Gasteiger partial charge in [-0.1, -0.05) is 12.1 Å². The number of ether oxygens (including phenoxy) is 1. The third-order valence-corrected chi connectivity index (χ3v) is 3.10. The number of halogens is 1. The van der Waals surface area contributed by atoms with E-state index in [-0.39, 0.29) is 17.8 Å². The van der Waals surface area contributed by atoms with Gasteiger partial charge in [-0.2, -0.15) is 0 Å². The fourth-order valence-electron chi connectivity index (χ4n) is 1.93. The minimum Gasteiger partial charge on any atom is -0.497 e. The van der Waals surface area contributed by atoms with E-state index >= 15 is 0 Å². The van der Waals surface area contributed by atoms with Crippen LogP contribution in [0.4, 0.5) is 10.1 Å². The van der Waals surface area contributed by atoms with Crippen molar-refractivity contribution in [3.63, 3.8) is 0 Å². The largest absolute Gasteiger partial charge is 0.497 e. The molecule has 0 atom stereocenters. The van der Waals surface area contributed by atoms with Gasteiger partial charge >= 0.3 is 0 Å². The molecule has 2 aromatic carbocycles. The Labute approximate surface area is 117 Å². The Morgan fingerprint density at radius 3 is 2.50 bits per heavy atom. The number of aryl methyl sites for hydroxylation is 1. The maximum atomic E-state index is 13.7. The summed E-state index contributed by atoms with van der Waals surface area (Å²) in [5.41, 5.74) is 7.37. The lowest BCUT2D eigenvalue weighted by atomic mass is 10.0. The summed E-state index contributed by atoms with van der Waals surface area (Å²) in [6, 6.07) is 11.6. The molecule has 0 bridgehead atoms. The molecule has 0 radical (unpaired) electrons. The van der Waals surface area contributed by atoms with Crippen molar-refractivity contribution in [2.24, 2.45) is 0 Å². The summed E-state index contributed by atoms with van der Waals surface area (Å²) in [5, 5.41) is 0. The molecule has 4 heteroatoms. The molecule has 0 saturated heterocycles. The number of ketones is 1. The van der Waals surface area contributed by atoms with Crippen molar-refractivity contribution in [2.75, 3.05) is 12.8 Å². The summed E-state index contributed by atoms with van der Waals surface area (Å²) in [7, 11) is 1.46. The molecule has 2 rings (SSSR count). The highest BCUT2D eigenvalue weighted by Gasteiger charge is 2.12. The summed E-state index contributed by atoms with van der Waals surface area (Å²) in [6.07, 6.45) is 0.817. The van der Waals surface area contributed by atoms with Gasteiger partial charge in [-0.15, -0.1) is 0 Å². The normalized spacial score (nSPS) is 10.3. The van der Waals surface area contributed by atoms with Crippen LogP contribution >= 0.6 is 0 Å². The standard InChI is InChI=1S/C16H16FNO2/c1-20-13-7-8-14(15(17)10-13)16(19)9-4-11-2-5-12(18)6-3-11/h2-3,5-8,10H,4,9,18H2,1H3. The van der Waals surface area contributed by atoms with Gasteiger partial charge in [0.05, 0.1) is 12.7 Å². The molecular weight excluding hydrogens is 257 g/mol. The second-order valence-electron chi connectivity index (χ2n) is 4.51. The van der Waals surface area contributed by atoms with Crippen LogP contribution < -0.4 is 10.5 Å². The van der Waals surface area contributed by atoms with Crippen molar-refractivity contribution in [1.82, 2.24) is 0 Å². The number of methoxy groups -OCH3 is 1. The number of anilines is 1. The molecular formula is C16H16FNO2. The van der Waals surface area contributed by atoms with E-state index in [0.29, 0.717) is 17.9 Å². The summed E-state index contributed by atoms with van der Waals surface area (Å²) in [4.78, 5) is 12.0. The van der Waals surface area contributed by atoms with Crippen molar-refractivity contribution in [3.8, 4) is 5.75 Å². The average Bonchev–Trinajstić information content (AvgIpc) is 2.46. The van der Waals surface area contributed by atoms with Crippen LogP contribution in [0.1, 0.15) is 22.3 Å². The molecule has 0 aromatic heterocycles. The summed E-state index contributed by atoms with van der Waals surface area (Å²) in [6.45, 7) is 0. The Balaban J connectivity index is 2.03. The predicted octanol–water partition coefficient (Wildman–Crippen LogP) is 3.23. The lowest BCUT2D eigenvalue weighted by Gasteiger charge is -2.05. The molecule has 104 valence electrons. The molecule has 0 fully saturated rings. The molecule has 0 unspecified atom stereocenters. The highest BCUT2D eigenvalue weighted by atomic mass is 19.1. The minimum absolute atomic E-state index is 0.0984. The van der Waals surface area contributed by atoms with Gasteiger partial charge in [-0.05, 0) is 36.2 Å². The van der Waals surface area contributed by atoms with E-state index in [4.69, 9.17) is 10.5 Å². The fourth-order valence-corrected chi connectivity index (χ4v) is 1.93. The maximum Gasteiger partial charge on any atom is 0.166 e. The Morgan fingerprint density at radius 2 is 1.90 bits per heavy atom. The molecule has 0 aliphatic carbocycles. The first-order chi connectivity index (χ1) is 9.60. The van der Waals surface area contributed by atoms with E-state index in [9.17, 15) is 9.18 Å². The fraction of sp³-hybridized carbons (Fsp3) is 0.188. The first-order valence-corrected chi connectivity index (χ1v) is 6.31. The number of benzene rings is 2. The smallest absolute Gasteiger partial charge is 0.166 e. The first kappa shape index (κ1) is 14.1. The van der Waals surface area contributed by atoms with Crippen LogP contribution in [0, 0.1) is 5.82 Å². The Hall–Kier alpha value is -2.36. The number of carbonyl (C=O) groups is 1. The first-order valence-electron chi connectivity index (χ1n) is 6.31. The SMILES string of the molecule is COc1ccc(C(=O)CCc2ccc(N)cc2)c(F)c1. The van der Waals surface area contributed by atoms with Crippen LogP contribution in [-0.2, 0) is 6.42 Å². The van der Waals surface area contributed by atoms with Gasteiger partial charge in [-0.3, -0.25) is 4.79 Å². The predicted molar refractivity (Wildman–Crippen MR) is 76.5 cm³/mol. The molecule has 2 aromatic rings. The number of nitrogen functional groups attached to an aromatic ring is 1. The molecule has 0 amide bonds. The quantitative estimate of drug-likeness (QED) is 0.672. The van der Waals surface area contributed by atoms with Gasteiger partial charge in [-0.25, -0.2) is 4.39 Å². The maximum absolute atomic E-state index is 13.7. The van der Waals surface area contributed by atoms with E-state index in [1.165, 1.54) is 19.2 Å². The number of Topliss-reactive ketones (excluding diaryl/α,β-unsaturated/α-hetero) is 1. The van der Waals surface area contributed by atoms with Crippen molar-refractivity contribution < 1.29 is 13.9 Å². The second kappa shape index (κ2) is 6.19. The zero-order valence-electron chi connectivity index (χ0n) is 11.2. The van der Waals surface area contributed by atoms with Gasteiger partial charge < -0.3 is 10.5 Å². The van der Waals surface area contributed by atoms with Crippen LogP contribution in [0.5, 0.6) is 5.75 Å². The highest BCUT2D eigenvalue weighted by molar-refractivity contribution is 5.96. The minimum atomic E-state index is -0.549. The Bertz CT molecular complexity index is 608. The summed E-state index contributed by atoms with van der Waals surface area (Å²) >= 11 is 0. The van der Waals surface area contributed by atoms with E-state index in [2.05, 4.69) is 0 Å². The van der Waals surface area contributed by atoms with E-state index in [0.717, 1.165) is 5.56 Å². The third kappa shape index (κ3) is 3.35. The molecule has 2 N–H and O–H groups in total. The number of nitrogens with two attached hydrogens (primary N) is 1. The van der Waals surface area contributed by atoms with E-state index in [1.807, 2.05) is 12.1 Å². The Morgan fingerprint density at radius 1 is 1.20 bits per heavy atom. The van der Waals surface area contributed by atoms with Gasteiger partial charge in [0.1, 0.15) is 11.6 Å². The highest BCUT2D eigenvalue weighted by Crippen LogP contribution is 2.18. The van der Waals surface area contributed by atoms with E-state index < -0.39 is 5.82 Å².